The first-order chi connectivity index (χ1) is 17.6. The maximum absolute atomic E-state index is 5.74. The van der Waals surface area contributed by atoms with Crippen LogP contribution in [0.2, 0.25) is 0 Å². The summed E-state index contributed by atoms with van der Waals surface area (Å²) in [5, 5.41) is 3.87. The number of hydrogen-bond donors (Lipinski definition) is 1. The van der Waals surface area contributed by atoms with Crippen molar-refractivity contribution in [2.45, 2.75) is 12.8 Å². The van der Waals surface area contributed by atoms with Crippen LogP contribution in [0.3, 0.4) is 0 Å². The molecule has 0 N–H and O–H groups in total. The number of thiol groups is 1. The standard InChI is InChI=1S/C10H4Br2O2S.C10H6O2S.C4H8O.BHNS/c11-9-7-8(10(12)15-9)14-6-4-2-1-3-5(6)13-7;1-2-4-8-7(3-1)11-9-5-13-6-10(9)12-8;1-2-4-5-3-1;1-2-3/h1-4H;1-6H;1-4H2;3H. The van der Waals surface area contributed by atoms with Crippen LogP contribution in [-0.2, 0) is 4.74 Å². The smallest absolute Gasteiger partial charge is 0.180 e. The number of ether oxygens (including phenoxy) is 5. The molecule has 185 valence electrons. The predicted molar refractivity (Wildman–Crippen MR) is 154 cm³/mol. The van der Waals surface area contributed by atoms with Crippen LogP contribution in [0.15, 0.2) is 71.2 Å². The molecule has 2 aromatic carbocycles. The molecule has 0 aliphatic carbocycles. The summed E-state index contributed by atoms with van der Waals surface area (Å²) < 4.78 is 32.2. The molecule has 5 heterocycles. The number of para-hydroxylation sites is 4. The Hall–Kier alpha value is -1.83. The van der Waals surface area contributed by atoms with Crippen LogP contribution in [0.1, 0.15) is 12.8 Å². The molecule has 0 spiro atoms. The Labute approximate surface area is 240 Å². The molecular weight excluding hydrogens is 649 g/mol. The van der Waals surface area contributed by atoms with Crippen molar-refractivity contribution in [2.75, 3.05) is 13.2 Å². The van der Waals surface area contributed by atoms with Gasteiger partial charge in [0.05, 0.1) is 0 Å². The molecule has 0 unspecified atom stereocenters. The van der Waals surface area contributed by atoms with E-state index >= 15 is 0 Å². The Morgan fingerprint density at radius 3 is 1.44 bits per heavy atom. The van der Waals surface area contributed by atoms with E-state index in [1.165, 1.54) is 24.2 Å². The second-order valence-electron chi connectivity index (χ2n) is 7.14. The van der Waals surface area contributed by atoms with Gasteiger partial charge in [0.2, 0.25) is 0 Å². The summed E-state index contributed by atoms with van der Waals surface area (Å²) in [5.41, 5.74) is 0. The van der Waals surface area contributed by atoms with Crippen molar-refractivity contribution < 1.29 is 23.7 Å². The van der Waals surface area contributed by atoms with Crippen LogP contribution >= 0.6 is 67.3 Å². The van der Waals surface area contributed by atoms with Crippen LogP contribution in [0.5, 0.6) is 46.0 Å². The third-order valence-electron chi connectivity index (χ3n) is 4.73. The quantitative estimate of drug-likeness (QED) is 0.129. The van der Waals surface area contributed by atoms with E-state index in [2.05, 4.69) is 56.6 Å². The van der Waals surface area contributed by atoms with Crippen LogP contribution < -0.4 is 18.9 Å². The third-order valence-corrected chi connectivity index (χ3v) is 7.85. The largest absolute Gasteiger partial charge is 0.449 e. The molecule has 1 fully saturated rings. The van der Waals surface area contributed by atoms with E-state index in [1.807, 2.05) is 59.3 Å². The number of benzene rings is 2. The van der Waals surface area contributed by atoms with Crippen molar-refractivity contribution in [3.05, 3.63) is 66.9 Å². The number of thiophene rings is 2. The van der Waals surface area contributed by atoms with Gasteiger partial charge >= 0.3 is 24.8 Å². The normalized spacial score (nSPS) is 13.3. The molecule has 3 aliphatic heterocycles. The number of nitrogens with zero attached hydrogens (tertiary/aromatic N) is 1. The zero-order valence-corrected chi connectivity index (χ0v) is 24.4. The second-order valence-corrected chi connectivity index (χ2v) is 11.8. The molecule has 0 bridgehead atoms. The predicted octanol–water partition coefficient (Wildman–Crippen LogP) is 9.80. The Balaban J connectivity index is 0.000000131. The molecule has 12 heteroatoms. The van der Waals surface area contributed by atoms with Gasteiger partial charge in [0, 0.05) is 24.0 Å². The van der Waals surface area contributed by atoms with Crippen molar-refractivity contribution in [2.24, 2.45) is 4.30 Å². The van der Waals surface area contributed by atoms with Crippen molar-refractivity contribution in [3.63, 3.8) is 0 Å². The van der Waals surface area contributed by atoms with Gasteiger partial charge in [-0.2, -0.15) is 0 Å². The molecule has 3 aliphatic rings. The fraction of sp³-hybridized carbons (Fsp3) is 0.167. The van der Waals surface area contributed by atoms with E-state index in [9.17, 15) is 0 Å². The van der Waals surface area contributed by atoms with Crippen LogP contribution in [0, 0.1) is 0 Å². The molecule has 0 atom stereocenters. The first kappa shape index (κ1) is 27.2. The van der Waals surface area contributed by atoms with E-state index in [4.69, 9.17) is 23.7 Å². The Morgan fingerprint density at radius 1 is 0.694 bits per heavy atom. The molecule has 1 saturated heterocycles. The third kappa shape index (κ3) is 6.93. The van der Waals surface area contributed by atoms with Gasteiger partial charge in [-0.1, -0.05) is 24.3 Å². The van der Waals surface area contributed by atoms with Gasteiger partial charge in [-0.3, -0.25) is 0 Å². The van der Waals surface area contributed by atoms with Gasteiger partial charge in [0.15, 0.2) is 46.0 Å². The number of rotatable bonds is 0. The van der Waals surface area contributed by atoms with Crippen molar-refractivity contribution >= 4 is 75.0 Å². The number of hydrogen-bond acceptors (Lipinski definition) is 9. The molecule has 36 heavy (non-hydrogen) atoms. The van der Waals surface area contributed by atoms with Crippen LogP contribution in [-0.4, -0.2) is 20.9 Å². The maximum Gasteiger partial charge on any atom is 0.180 e. The summed E-state index contributed by atoms with van der Waals surface area (Å²) in [7, 11) is 4.34. The van der Waals surface area contributed by atoms with Gasteiger partial charge in [0.1, 0.15) is 7.57 Å². The minimum absolute atomic E-state index is 0.741. The first-order valence-corrected chi connectivity index (χ1v) is 14.4. The summed E-state index contributed by atoms with van der Waals surface area (Å²) in [4.78, 5) is 0. The Bertz CT molecular complexity index is 1220. The second kappa shape index (κ2) is 13.6. The Morgan fingerprint density at radius 2 is 1.08 bits per heavy atom. The van der Waals surface area contributed by atoms with Gasteiger partial charge in [-0.25, -0.2) is 0 Å². The zero-order valence-electron chi connectivity index (χ0n) is 18.7. The molecular formula is C24H19BBr2NO5S3. The van der Waals surface area contributed by atoms with Crippen LogP contribution in [0.4, 0.5) is 0 Å². The monoisotopic (exact) mass is 666 g/mol. The van der Waals surface area contributed by atoms with Crippen molar-refractivity contribution in [1.29, 1.82) is 0 Å². The van der Waals surface area contributed by atoms with Crippen molar-refractivity contribution in [1.82, 2.24) is 0 Å². The molecule has 0 saturated carbocycles. The fourth-order valence-corrected chi connectivity index (χ4v) is 6.55. The van der Waals surface area contributed by atoms with Gasteiger partial charge in [0.25, 0.3) is 0 Å². The molecule has 0 amide bonds. The average molecular weight is 668 g/mol. The van der Waals surface area contributed by atoms with E-state index in [1.54, 1.807) is 11.3 Å². The summed E-state index contributed by atoms with van der Waals surface area (Å²) in [5.74, 6) is 6.16. The number of fused-ring (bicyclic) bond motifs is 4. The summed E-state index contributed by atoms with van der Waals surface area (Å²) in [6.07, 6.45) is 2.56. The van der Waals surface area contributed by atoms with Crippen molar-refractivity contribution in [3.8, 4) is 46.0 Å². The first-order valence-electron chi connectivity index (χ1n) is 10.7. The van der Waals surface area contributed by atoms with E-state index in [-0.39, 0.29) is 0 Å². The molecule has 1 radical (unpaired) electrons. The van der Waals surface area contributed by atoms with Crippen LogP contribution in [0.25, 0.3) is 0 Å². The van der Waals surface area contributed by atoms with E-state index < -0.39 is 0 Å². The maximum atomic E-state index is 5.74. The molecule has 7 rings (SSSR count). The minimum Gasteiger partial charge on any atom is -0.449 e. The molecule has 4 aromatic rings. The fourth-order valence-electron chi connectivity index (χ4n) is 3.15. The molecule has 6 nitrogen and oxygen atoms in total. The summed E-state index contributed by atoms with van der Waals surface area (Å²) >= 11 is 13.2. The SMILES string of the molecule is Brc1sc(Br)c2c1Oc1ccccc1O2.C1CCOC1.[B]=NS.c1ccc2c(c1)Oc1cscc1O2. The number of halogens is 2. The van der Waals surface area contributed by atoms with Gasteiger partial charge in [-0.15, -0.1) is 22.7 Å². The van der Waals surface area contributed by atoms with Gasteiger partial charge < -0.3 is 23.7 Å². The summed E-state index contributed by atoms with van der Waals surface area (Å²) in [6, 6.07) is 15.3. The van der Waals surface area contributed by atoms with E-state index in [0.29, 0.717) is 0 Å². The molecule has 2 aromatic heterocycles. The average Bonchev–Trinajstić information content (AvgIpc) is 3.66. The zero-order chi connectivity index (χ0) is 25.3. The van der Waals surface area contributed by atoms with Gasteiger partial charge in [-0.05, 0) is 69.0 Å². The minimum atomic E-state index is 0.741. The Kier molecular flexibility index (Phi) is 10.3. The topological polar surface area (TPSA) is 58.5 Å². The summed E-state index contributed by atoms with van der Waals surface area (Å²) in [6.45, 7) is 2.00. The van der Waals surface area contributed by atoms with E-state index in [0.717, 1.165) is 66.8 Å².